The fraction of sp³-hybridized carbons (Fsp3) is 0.462. The van der Waals surface area contributed by atoms with Gasteiger partial charge < -0.3 is 11.1 Å². The third-order valence-electron chi connectivity index (χ3n) is 2.35. The van der Waals surface area contributed by atoms with E-state index in [0.29, 0.717) is 12.3 Å². The predicted molar refractivity (Wildman–Crippen MR) is 73.8 cm³/mol. The molecule has 0 aliphatic rings. The van der Waals surface area contributed by atoms with Crippen LogP contribution in [-0.2, 0) is 11.3 Å². The summed E-state index contributed by atoms with van der Waals surface area (Å²) in [6.45, 7) is 2.39. The zero-order valence-corrected chi connectivity index (χ0v) is 11.3. The van der Waals surface area contributed by atoms with Crippen molar-refractivity contribution in [3.05, 3.63) is 35.6 Å². The van der Waals surface area contributed by atoms with Crippen LogP contribution in [0.5, 0.6) is 0 Å². The van der Waals surface area contributed by atoms with E-state index in [1.54, 1.807) is 23.9 Å². The minimum atomic E-state index is -0.267. The van der Waals surface area contributed by atoms with Gasteiger partial charge in [0, 0.05) is 12.6 Å². The number of hydrogen-bond donors (Lipinski definition) is 2. The molecule has 5 heteroatoms. The molecule has 1 rings (SSSR count). The van der Waals surface area contributed by atoms with E-state index in [0.717, 1.165) is 17.7 Å². The Bertz CT molecular complexity index is 368. The average Bonchev–Trinajstić information content (AvgIpc) is 2.34. The zero-order valence-electron chi connectivity index (χ0n) is 10.5. The predicted octanol–water partition coefficient (Wildman–Crippen LogP) is 1.91. The number of halogens is 1. The standard InChI is InChI=1S/C13H19FN2OS/c1-10(15)6-7-18-9-13(17)16-8-11-2-4-12(14)5-3-11/h2-5,10H,6-9,15H2,1H3,(H,16,17). The molecule has 0 fully saturated rings. The molecular weight excluding hydrogens is 251 g/mol. The van der Waals surface area contributed by atoms with Gasteiger partial charge in [0.25, 0.3) is 0 Å². The van der Waals surface area contributed by atoms with Gasteiger partial charge in [-0.3, -0.25) is 4.79 Å². The topological polar surface area (TPSA) is 55.1 Å². The summed E-state index contributed by atoms with van der Waals surface area (Å²) in [5.74, 6) is 1.06. The number of carbonyl (C=O) groups excluding carboxylic acids is 1. The lowest BCUT2D eigenvalue weighted by Gasteiger charge is -2.06. The van der Waals surface area contributed by atoms with Gasteiger partial charge in [-0.15, -0.1) is 0 Å². The van der Waals surface area contributed by atoms with Gasteiger partial charge in [-0.05, 0) is 36.8 Å². The van der Waals surface area contributed by atoms with E-state index >= 15 is 0 Å². The Morgan fingerprint density at radius 2 is 2.11 bits per heavy atom. The van der Waals surface area contributed by atoms with Crippen molar-refractivity contribution in [1.29, 1.82) is 0 Å². The van der Waals surface area contributed by atoms with Crippen molar-refractivity contribution < 1.29 is 9.18 Å². The molecule has 0 heterocycles. The summed E-state index contributed by atoms with van der Waals surface area (Å²) in [4.78, 5) is 11.5. The van der Waals surface area contributed by atoms with Crippen molar-refractivity contribution in [2.45, 2.75) is 25.9 Å². The van der Waals surface area contributed by atoms with Crippen LogP contribution >= 0.6 is 11.8 Å². The molecule has 0 spiro atoms. The highest BCUT2D eigenvalue weighted by molar-refractivity contribution is 7.99. The third kappa shape index (κ3) is 6.61. The second-order valence-electron chi connectivity index (χ2n) is 4.22. The molecule has 0 saturated heterocycles. The lowest BCUT2D eigenvalue weighted by atomic mass is 10.2. The number of benzene rings is 1. The Kier molecular flexibility index (Phi) is 6.75. The molecule has 18 heavy (non-hydrogen) atoms. The van der Waals surface area contributed by atoms with Crippen LogP contribution in [0.3, 0.4) is 0 Å². The smallest absolute Gasteiger partial charge is 0.230 e. The molecule has 0 bridgehead atoms. The van der Waals surface area contributed by atoms with Crippen LogP contribution in [0.1, 0.15) is 18.9 Å². The number of nitrogens with one attached hydrogen (secondary N) is 1. The van der Waals surface area contributed by atoms with Gasteiger partial charge in [0.2, 0.25) is 5.91 Å². The Morgan fingerprint density at radius 3 is 2.72 bits per heavy atom. The van der Waals surface area contributed by atoms with E-state index < -0.39 is 0 Å². The van der Waals surface area contributed by atoms with Crippen LogP contribution in [0.4, 0.5) is 4.39 Å². The minimum Gasteiger partial charge on any atom is -0.351 e. The van der Waals surface area contributed by atoms with Gasteiger partial charge >= 0.3 is 0 Å². The third-order valence-corrected chi connectivity index (χ3v) is 3.34. The number of carbonyl (C=O) groups is 1. The SMILES string of the molecule is CC(N)CCSCC(=O)NCc1ccc(F)cc1. The normalized spacial score (nSPS) is 12.2. The van der Waals surface area contributed by atoms with Crippen LogP contribution in [0.2, 0.25) is 0 Å². The van der Waals surface area contributed by atoms with E-state index in [1.807, 2.05) is 6.92 Å². The van der Waals surface area contributed by atoms with Crippen LogP contribution in [0, 0.1) is 5.82 Å². The summed E-state index contributed by atoms with van der Waals surface area (Å²) in [7, 11) is 0. The quantitative estimate of drug-likeness (QED) is 0.744. The monoisotopic (exact) mass is 270 g/mol. The maximum atomic E-state index is 12.7. The Balaban J connectivity index is 2.15. The van der Waals surface area contributed by atoms with Crippen molar-refractivity contribution >= 4 is 17.7 Å². The highest BCUT2D eigenvalue weighted by atomic mass is 32.2. The molecule has 0 aromatic heterocycles. The lowest BCUT2D eigenvalue weighted by molar-refractivity contribution is -0.118. The summed E-state index contributed by atoms with van der Waals surface area (Å²) in [6, 6.07) is 6.29. The molecule has 1 aromatic carbocycles. The Hall–Kier alpha value is -1.07. The van der Waals surface area contributed by atoms with Crippen molar-refractivity contribution in [2.75, 3.05) is 11.5 Å². The average molecular weight is 270 g/mol. The molecule has 3 nitrogen and oxygen atoms in total. The van der Waals surface area contributed by atoms with Crippen LogP contribution in [-0.4, -0.2) is 23.5 Å². The molecule has 0 saturated carbocycles. The summed E-state index contributed by atoms with van der Waals surface area (Å²) in [5, 5.41) is 2.79. The highest BCUT2D eigenvalue weighted by Gasteiger charge is 2.02. The number of amides is 1. The van der Waals surface area contributed by atoms with E-state index in [-0.39, 0.29) is 17.8 Å². The van der Waals surface area contributed by atoms with E-state index in [1.165, 1.54) is 12.1 Å². The first kappa shape index (κ1) is 15.0. The largest absolute Gasteiger partial charge is 0.351 e. The number of hydrogen-bond acceptors (Lipinski definition) is 3. The summed E-state index contributed by atoms with van der Waals surface area (Å²) in [5.41, 5.74) is 6.51. The van der Waals surface area contributed by atoms with Gasteiger partial charge in [0.15, 0.2) is 0 Å². The second kappa shape index (κ2) is 8.11. The molecule has 1 unspecified atom stereocenters. The first-order valence-electron chi connectivity index (χ1n) is 5.92. The summed E-state index contributed by atoms with van der Waals surface area (Å²) in [6.07, 6.45) is 0.913. The molecule has 0 aliphatic heterocycles. The summed E-state index contributed by atoms with van der Waals surface area (Å²) >= 11 is 1.58. The van der Waals surface area contributed by atoms with Gasteiger partial charge in [-0.1, -0.05) is 12.1 Å². The number of rotatable bonds is 7. The fourth-order valence-electron chi connectivity index (χ4n) is 1.29. The molecule has 0 aliphatic carbocycles. The van der Waals surface area contributed by atoms with Gasteiger partial charge in [0.1, 0.15) is 5.82 Å². The number of nitrogens with two attached hydrogens (primary N) is 1. The first-order chi connectivity index (χ1) is 8.58. The highest BCUT2D eigenvalue weighted by Crippen LogP contribution is 2.05. The van der Waals surface area contributed by atoms with Crippen molar-refractivity contribution in [1.82, 2.24) is 5.32 Å². The molecule has 1 amide bonds. The first-order valence-corrected chi connectivity index (χ1v) is 7.08. The molecule has 3 N–H and O–H groups in total. The number of thioether (sulfide) groups is 1. The fourth-order valence-corrected chi connectivity index (χ4v) is 2.26. The molecule has 1 atom stereocenters. The van der Waals surface area contributed by atoms with Crippen molar-refractivity contribution in [3.8, 4) is 0 Å². The van der Waals surface area contributed by atoms with Crippen molar-refractivity contribution in [2.24, 2.45) is 5.73 Å². The molecule has 100 valence electrons. The second-order valence-corrected chi connectivity index (χ2v) is 5.33. The van der Waals surface area contributed by atoms with Crippen LogP contribution in [0.25, 0.3) is 0 Å². The van der Waals surface area contributed by atoms with E-state index in [9.17, 15) is 9.18 Å². The van der Waals surface area contributed by atoms with Gasteiger partial charge in [-0.25, -0.2) is 4.39 Å². The van der Waals surface area contributed by atoms with E-state index in [2.05, 4.69) is 5.32 Å². The maximum Gasteiger partial charge on any atom is 0.230 e. The molecular formula is C13H19FN2OS. The van der Waals surface area contributed by atoms with Crippen LogP contribution in [0.15, 0.2) is 24.3 Å². The Labute approximate surface area is 111 Å². The van der Waals surface area contributed by atoms with Crippen molar-refractivity contribution in [3.63, 3.8) is 0 Å². The van der Waals surface area contributed by atoms with E-state index in [4.69, 9.17) is 5.73 Å². The zero-order chi connectivity index (χ0) is 13.4. The van der Waals surface area contributed by atoms with Gasteiger partial charge in [0.05, 0.1) is 5.75 Å². The maximum absolute atomic E-state index is 12.7. The minimum absolute atomic E-state index is 0.00556. The molecule has 0 radical (unpaired) electrons. The molecule has 1 aromatic rings. The lowest BCUT2D eigenvalue weighted by Crippen LogP contribution is -2.25. The Morgan fingerprint density at radius 1 is 1.44 bits per heavy atom. The van der Waals surface area contributed by atoms with Crippen LogP contribution < -0.4 is 11.1 Å². The van der Waals surface area contributed by atoms with Gasteiger partial charge in [-0.2, -0.15) is 11.8 Å². The summed E-state index contributed by atoms with van der Waals surface area (Å²) < 4.78 is 12.7.